The highest BCUT2D eigenvalue weighted by molar-refractivity contribution is 7.89. The molecular weight excluding hydrogens is 344 g/mol. The first-order valence-electron chi connectivity index (χ1n) is 7.64. The summed E-state index contributed by atoms with van der Waals surface area (Å²) in [4.78, 5) is 10.6. The fraction of sp³-hybridized carbons (Fsp3) is 0.375. The van der Waals surface area contributed by atoms with Crippen molar-refractivity contribution in [1.29, 1.82) is 0 Å². The second kappa shape index (κ2) is 8.24. The van der Waals surface area contributed by atoms with Gasteiger partial charge in [-0.1, -0.05) is 0 Å². The molecule has 1 aromatic heterocycles. The first kappa shape index (κ1) is 19.1. The number of methoxy groups -OCH3 is 1. The van der Waals surface area contributed by atoms with Gasteiger partial charge < -0.3 is 9.47 Å². The third-order valence-electron chi connectivity index (χ3n) is 3.28. The van der Waals surface area contributed by atoms with Crippen LogP contribution >= 0.6 is 0 Å². The molecule has 136 valence electrons. The van der Waals surface area contributed by atoms with E-state index in [0.29, 0.717) is 24.5 Å². The highest BCUT2D eigenvalue weighted by atomic mass is 32.2. The van der Waals surface area contributed by atoms with Crippen molar-refractivity contribution in [3.63, 3.8) is 0 Å². The molecule has 0 aliphatic carbocycles. The number of nitrogens with one attached hydrogen (secondary N) is 2. The number of aryl methyl sites for hydroxylation is 3. The molecule has 1 aromatic carbocycles. The minimum atomic E-state index is -3.77. The van der Waals surface area contributed by atoms with E-state index in [1.54, 1.807) is 40.0 Å². The van der Waals surface area contributed by atoms with E-state index < -0.39 is 10.0 Å². The van der Waals surface area contributed by atoms with Gasteiger partial charge in [0, 0.05) is 18.5 Å². The van der Waals surface area contributed by atoms with Gasteiger partial charge in [0.2, 0.25) is 5.95 Å². The zero-order valence-electron chi connectivity index (χ0n) is 14.7. The Morgan fingerprint density at radius 2 is 1.72 bits per heavy atom. The molecule has 25 heavy (non-hydrogen) atoms. The summed E-state index contributed by atoms with van der Waals surface area (Å²) in [6.07, 6.45) is 0. The number of hydrogen-bond acceptors (Lipinski definition) is 7. The summed E-state index contributed by atoms with van der Waals surface area (Å²) >= 11 is 0. The molecule has 0 fully saturated rings. The van der Waals surface area contributed by atoms with Gasteiger partial charge in [0.1, 0.15) is 12.4 Å². The molecule has 0 spiro atoms. The van der Waals surface area contributed by atoms with Crippen LogP contribution in [-0.4, -0.2) is 38.7 Å². The normalized spacial score (nSPS) is 11.4. The van der Waals surface area contributed by atoms with Crippen LogP contribution < -0.4 is 15.0 Å². The second-order valence-electron chi connectivity index (χ2n) is 5.47. The van der Waals surface area contributed by atoms with Gasteiger partial charge in [-0.3, -0.25) is 5.43 Å². The number of nitrogens with zero attached hydrogens (tertiary/aromatic N) is 2. The Hall–Kier alpha value is -2.23. The van der Waals surface area contributed by atoms with Gasteiger partial charge in [0.25, 0.3) is 10.0 Å². The molecule has 0 aliphatic rings. The first-order chi connectivity index (χ1) is 11.8. The maximum absolute atomic E-state index is 12.4. The monoisotopic (exact) mass is 366 g/mol. The summed E-state index contributed by atoms with van der Waals surface area (Å²) in [5.41, 5.74) is 4.72. The molecule has 0 aliphatic heterocycles. The van der Waals surface area contributed by atoms with Gasteiger partial charge >= 0.3 is 0 Å². The Morgan fingerprint density at radius 3 is 2.32 bits per heavy atom. The van der Waals surface area contributed by atoms with Crippen molar-refractivity contribution in [2.24, 2.45) is 0 Å². The average molecular weight is 366 g/mol. The molecule has 9 heteroatoms. The lowest BCUT2D eigenvalue weighted by molar-refractivity contribution is 0.146. The lowest BCUT2D eigenvalue weighted by atomic mass is 10.2. The van der Waals surface area contributed by atoms with Crippen LogP contribution in [0.1, 0.15) is 17.0 Å². The van der Waals surface area contributed by atoms with E-state index in [1.807, 2.05) is 0 Å². The van der Waals surface area contributed by atoms with Crippen molar-refractivity contribution in [2.45, 2.75) is 25.7 Å². The summed E-state index contributed by atoms with van der Waals surface area (Å²) in [5, 5.41) is 0. The SMILES string of the molecule is COCCOc1ccc(S(=O)(=O)NNc2nc(C)cc(C)n2)cc1C. The van der Waals surface area contributed by atoms with E-state index in [4.69, 9.17) is 9.47 Å². The Kier molecular flexibility index (Phi) is 6.29. The number of aromatic nitrogens is 2. The van der Waals surface area contributed by atoms with Crippen LogP contribution in [0.15, 0.2) is 29.2 Å². The summed E-state index contributed by atoms with van der Waals surface area (Å²) in [6, 6.07) is 6.42. The van der Waals surface area contributed by atoms with Crippen molar-refractivity contribution in [3.8, 4) is 5.75 Å². The number of sulfonamides is 1. The van der Waals surface area contributed by atoms with Crippen LogP contribution in [0.25, 0.3) is 0 Å². The van der Waals surface area contributed by atoms with E-state index in [2.05, 4.69) is 20.2 Å². The predicted molar refractivity (Wildman–Crippen MR) is 94.0 cm³/mol. The number of hydrogen-bond donors (Lipinski definition) is 2. The van der Waals surface area contributed by atoms with Crippen molar-refractivity contribution in [3.05, 3.63) is 41.2 Å². The van der Waals surface area contributed by atoms with Crippen molar-refractivity contribution in [1.82, 2.24) is 14.8 Å². The first-order valence-corrected chi connectivity index (χ1v) is 9.12. The molecule has 0 saturated carbocycles. The minimum absolute atomic E-state index is 0.112. The molecule has 0 atom stereocenters. The Labute approximate surface area is 147 Å². The van der Waals surface area contributed by atoms with Crippen LogP contribution in [0.4, 0.5) is 5.95 Å². The third-order valence-corrected chi connectivity index (χ3v) is 4.53. The van der Waals surface area contributed by atoms with E-state index >= 15 is 0 Å². The smallest absolute Gasteiger partial charge is 0.257 e. The molecule has 1 heterocycles. The molecule has 8 nitrogen and oxygen atoms in total. The third kappa shape index (κ3) is 5.38. The molecular formula is C16H22N4O4S. The van der Waals surface area contributed by atoms with E-state index in [-0.39, 0.29) is 10.8 Å². The lowest BCUT2D eigenvalue weighted by Crippen LogP contribution is -2.30. The van der Waals surface area contributed by atoms with E-state index in [9.17, 15) is 8.42 Å². The molecule has 2 aromatic rings. The molecule has 0 bridgehead atoms. The largest absolute Gasteiger partial charge is 0.491 e. The second-order valence-corrected chi connectivity index (χ2v) is 7.16. The average Bonchev–Trinajstić information content (AvgIpc) is 2.54. The fourth-order valence-corrected chi connectivity index (χ4v) is 3.06. The van der Waals surface area contributed by atoms with Crippen molar-refractivity contribution in [2.75, 3.05) is 25.7 Å². The number of ether oxygens (including phenoxy) is 2. The van der Waals surface area contributed by atoms with Crippen molar-refractivity contribution >= 4 is 16.0 Å². The topological polar surface area (TPSA) is 102 Å². The molecule has 0 unspecified atom stereocenters. The molecule has 2 N–H and O–H groups in total. The number of benzene rings is 1. The Balaban J connectivity index is 2.09. The Bertz CT molecular complexity index is 820. The highest BCUT2D eigenvalue weighted by Crippen LogP contribution is 2.21. The number of anilines is 1. The summed E-state index contributed by atoms with van der Waals surface area (Å²) in [7, 11) is -2.18. The van der Waals surface area contributed by atoms with Gasteiger partial charge in [-0.15, -0.1) is 4.83 Å². The van der Waals surface area contributed by atoms with E-state index in [1.165, 1.54) is 12.1 Å². The van der Waals surface area contributed by atoms with Crippen LogP contribution in [0.2, 0.25) is 0 Å². The van der Waals surface area contributed by atoms with Gasteiger partial charge in [-0.2, -0.15) is 0 Å². The van der Waals surface area contributed by atoms with Gasteiger partial charge in [-0.25, -0.2) is 18.4 Å². The van der Waals surface area contributed by atoms with Crippen LogP contribution in [-0.2, 0) is 14.8 Å². The standard InChI is InChI=1S/C16H22N4O4S/c1-11-9-14(5-6-15(11)24-8-7-23-4)25(21,22)20-19-16-17-12(2)10-13(3)18-16/h5-6,9-10,20H,7-8H2,1-4H3,(H,17,18,19). The number of rotatable bonds is 8. The fourth-order valence-electron chi connectivity index (χ4n) is 2.14. The van der Waals surface area contributed by atoms with Crippen LogP contribution in [0, 0.1) is 20.8 Å². The zero-order chi connectivity index (χ0) is 18.4. The molecule has 2 rings (SSSR count). The summed E-state index contributed by atoms with van der Waals surface area (Å²) in [5.74, 6) is 0.805. The van der Waals surface area contributed by atoms with Crippen LogP contribution in [0.5, 0.6) is 5.75 Å². The summed E-state index contributed by atoms with van der Waals surface area (Å²) in [6.45, 7) is 6.25. The maximum Gasteiger partial charge on any atom is 0.257 e. The van der Waals surface area contributed by atoms with Crippen LogP contribution in [0.3, 0.4) is 0 Å². The van der Waals surface area contributed by atoms with E-state index in [0.717, 1.165) is 11.4 Å². The lowest BCUT2D eigenvalue weighted by Gasteiger charge is -2.12. The molecule has 0 saturated heterocycles. The van der Waals surface area contributed by atoms with Gasteiger partial charge in [-0.05, 0) is 50.6 Å². The quantitative estimate of drug-likeness (QED) is 0.542. The predicted octanol–water partition coefficient (Wildman–Crippen LogP) is 1.73. The summed E-state index contributed by atoms with van der Waals surface area (Å²) < 4.78 is 35.3. The zero-order valence-corrected chi connectivity index (χ0v) is 15.5. The molecule has 0 amide bonds. The maximum atomic E-state index is 12.4. The number of hydrazine groups is 1. The highest BCUT2D eigenvalue weighted by Gasteiger charge is 2.16. The van der Waals surface area contributed by atoms with Gasteiger partial charge in [0.15, 0.2) is 0 Å². The van der Waals surface area contributed by atoms with Gasteiger partial charge in [0.05, 0.1) is 11.5 Å². The minimum Gasteiger partial charge on any atom is -0.491 e. The molecule has 0 radical (unpaired) electrons. The Morgan fingerprint density at radius 1 is 1.04 bits per heavy atom. The van der Waals surface area contributed by atoms with Crippen molar-refractivity contribution < 1.29 is 17.9 Å².